The number of aromatic nitrogens is 2. The first kappa shape index (κ1) is 18.7. The van der Waals surface area contributed by atoms with Crippen molar-refractivity contribution in [1.29, 1.82) is 0 Å². The van der Waals surface area contributed by atoms with Crippen LogP contribution in [0.3, 0.4) is 0 Å². The molecule has 25 heavy (non-hydrogen) atoms. The SMILES string of the molecule is CCNC(=NCc1ccn[nH]1)NCC(O)c1ccc(OC(F)F)cc1. The van der Waals surface area contributed by atoms with Gasteiger partial charge in [-0.25, -0.2) is 4.99 Å². The van der Waals surface area contributed by atoms with Crippen molar-refractivity contribution in [3.05, 3.63) is 47.8 Å². The second-order valence-electron chi connectivity index (χ2n) is 5.12. The topological polar surface area (TPSA) is 94.6 Å². The Hall–Kier alpha value is -2.68. The van der Waals surface area contributed by atoms with E-state index in [4.69, 9.17) is 0 Å². The summed E-state index contributed by atoms with van der Waals surface area (Å²) in [5.41, 5.74) is 1.45. The van der Waals surface area contributed by atoms with Crippen LogP contribution in [-0.4, -0.2) is 41.0 Å². The van der Waals surface area contributed by atoms with Gasteiger partial charge in [0.15, 0.2) is 5.96 Å². The zero-order valence-electron chi connectivity index (χ0n) is 13.7. The minimum absolute atomic E-state index is 0.0494. The van der Waals surface area contributed by atoms with Gasteiger partial charge in [-0.1, -0.05) is 12.1 Å². The van der Waals surface area contributed by atoms with E-state index in [1.165, 1.54) is 12.1 Å². The van der Waals surface area contributed by atoms with Crippen LogP contribution >= 0.6 is 0 Å². The zero-order chi connectivity index (χ0) is 18.1. The highest BCUT2D eigenvalue weighted by Gasteiger charge is 2.10. The fraction of sp³-hybridized carbons (Fsp3) is 0.375. The average Bonchev–Trinajstić information content (AvgIpc) is 3.10. The molecule has 4 N–H and O–H groups in total. The highest BCUT2D eigenvalue weighted by atomic mass is 19.3. The molecule has 7 nitrogen and oxygen atoms in total. The van der Waals surface area contributed by atoms with Crippen LogP contribution in [0.5, 0.6) is 5.75 Å². The van der Waals surface area contributed by atoms with Crippen LogP contribution < -0.4 is 15.4 Å². The van der Waals surface area contributed by atoms with Crippen LogP contribution in [0, 0.1) is 0 Å². The van der Waals surface area contributed by atoms with Gasteiger partial charge in [0.2, 0.25) is 0 Å². The summed E-state index contributed by atoms with van der Waals surface area (Å²) in [4.78, 5) is 4.38. The van der Waals surface area contributed by atoms with Gasteiger partial charge < -0.3 is 20.5 Å². The summed E-state index contributed by atoms with van der Waals surface area (Å²) in [6, 6.07) is 7.69. The number of benzene rings is 1. The van der Waals surface area contributed by atoms with Crippen molar-refractivity contribution < 1.29 is 18.6 Å². The number of halogens is 2. The molecule has 1 aromatic carbocycles. The molecule has 1 unspecified atom stereocenters. The Morgan fingerprint density at radius 1 is 1.28 bits per heavy atom. The molecular weight excluding hydrogens is 332 g/mol. The summed E-state index contributed by atoms with van der Waals surface area (Å²) in [5, 5.41) is 23.0. The molecule has 0 radical (unpaired) electrons. The molecule has 0 aliphatic rings. The average molecular weight is 353 g/mol. The summed E-state index contributed by atoms with van der Waals surface area (Å²) < 4.78 is 28.5. The summed E-state index contributed by atoms with van der Waals surface area (Å²) >= 11 is 0. The van der Waals surface area contributed by atoms with E-state index in [2.05, 4.69) is 30.6 Å². The molecule has 2 aromatic rings. The predicted octanol–water partition coefficient (Wildman–Crippen LogP) is 1.80. The van der Waals surface area contributed by atoms with E-state index in [-0.39, 0.29) is 12.3 Å². The van der Waals surface area contributed by atoms with Gasteiger partial charge in [0, 0.05) is 19.3 Å². The van der Waals surface area contributed by atoms with E-state index in [0.29, 0.717) is 24.6 Å². The van der Waals surface area contributed by atoms with Crippen LogP contribution in [0.25, 0.3) is 0 Å². The number of alkyl halides is 2. The van der Waals surface area contributed by atoms with Gasteiger partial charge in [-0.05, 0) is 30.7 Å². The Labute approximate surface area is 144 Å². The predicted molar refractivity (Wildman–Crippen MR) is 89.4 cm³/mol. The number of rotatable bonds is 8. The van der Waals surface area contributed by atoms with E-state index in [0.717, 1.165) is 5.69 Å². The lowest BCUT2D eigenvalue weighted by molar-refractivity contribution is -0.0498. The number of aliphatic hydroxyl groups is 1. The highest BCUT2D eigenvalue weighted by molar-refractivity contribution is 5.79. The lowest BCUT2D eigenvalue weighted by atomic mass is 10.1. The summed E-state index contributed by atoms with van der Waals surface area (Å²) in [6.45, 7) is 0.372. The van der Waals surface area contributed by atoms with Gasteiger partial charge in [0.1, 0.15) is 5.75 Å². The fourth-order valence-electron chi connectivity index (χ4n) is 2.06. The third-order valence-electron chi connectivity index (χ3n) is 3.26. The number of ether oxygens (including phenoxy) is 1. The number of aromatic amines is 1. The number of aliphatic imine (C=N–C) groups is 1. The molecule has 0 aliphatic heterocycles. The first-order valence-corrected chi connectivity index (χ1v) is 7.81. The monoisotopic (exact) mass is 353 g/mol. The smallest absolute Gasteiger partial charge is 0.387 e. The third kappa shape index (κ3) is 6.38. The van der Waals surface area contributed by atoms with Crippen molar-refractivity contribution >= 4 is 5.96 Å². The Balaban J connectivity index is 1.89. The summed E-state index contributed by atoms with van der Waals surface area (Å²) in [7, 11) is 0. The molecule has 136 valence electrons. The van der Waals surface area contributed by atoms with E-state index < -0.39 is 12.7 Å². The highest BCUT2D eigenvalue weighted by Crippen LogP contribution is 2.18. The Morgan fingerprint density at radius 2 is 2.04 bits per heavy atom. The van der Waals surface area contributed by atoms with Crippen LogP contribution in [0.2, 0.25) is 0 Å². The zero-order valence-corrected chi connectivity index (χ0v) is 13.7. The number of aliphatic hydroxyl groups excluding tert-OH is 1. The molecule has 2 rings (SSSR count). The molecule has 0 bridgehead atoms. The van der Waals surface area contributed by atoms with Gasteiger partial charge in [-0.2, -0.15) is 13.9 Å². The molecular formula is C16H21F2N5O2. The van der Waals surface area contributed by atoms with Crippen molar-refractivity contribution in [1.82, 2.24) is 20.8 Å². The van der Waals surface area contributed by atoms with E-state index >= 15 is 0 Å². The first-order chi connectivity index (χ1) is 12.1. The maximum absolute atomic E-state index is 12.1. The fourth-order valence-corrected chi connectivity index (χ4v) is 2.06. The van der Waals surface area contributed by atoms with Crippen LogP contribution in [0.15, 0.2) is 41.5 Å². The number of guanidine groups is 1. The van der Waals surface area contributed by atoms with Gasteiger partial charge in [0.25, 0.3) is 0 Å². The largest absolute Gasteiger partial charge is 0.435 e. The Bertz CT molecular complexity index is 647. The number of hydrogen-bond acceptors (Lipinski definition) is 4. The maximum atomic E-state index is 12.1. The first-order valence-electron chi connectivity index (χ1n) is 7.81. The number of hydrogen-bond donors (Lipinski definition) is 4. The minimum Gasteiger partial charge on any atom is -0.435 e. The molecule has 0 fully saturated rings. The molecule has 0 saturated carbocycles. The van der Waals surface area contributed by atoms with E-state index in [1.807, 2.05) is 13.0 Å². The maximum Gasteiger partial charge on any atom is 0.387 e. The summed E-state index contributed by atoms with van der Waals surface area (Å²) in [6.07, 6.45) is 0.827. The molecule has 0 spiro atoms. The van der Waals surface area contributed by atoms with E-state index in [9.17, 15) is 13.9 Å². The van der Waals surface area contributed by atoms with Crippen molar-refractivity contribution in [2.75, 3.05) is 13.1 Å². The lowest BCUT2D eigenvalue weighted by Crippen LogP contribution is -2.39. The van der Waals surface area contributed by atoms with Crippen molar-refractivity contribution in [2.24, 2.45) is 4.99 Å². The van der Waals surface area contributed by atoms with E-state index in [1.54, 1.807) is 18.3 Å². The lowest BCUT2D eigenvalue weighted by Gasteiger charge is -2.16. The number of nitrogens with one attached hydrogen (secondary N) is 3. The van der Waals surface area contributed by atoms with Gasteiger partial charge in [-0.15, -0.1) is 0 Å². The molecule has 1 heterocycles. The molecule has 1 atom stereocenters. The Morgan fingerprint density at radius 3 is 2.64 bits per heavy atom. The van der Waals surface area contributed by atoms with Crippen LogP contribution in [0.1, 0.15) is 24.3 Å². The van der Waals surface area contributed by atoms with Crippen molar-refractivity contribution in [3.63, 3.8) is 0 Å². The van der Waals surface area contributed by atoms with Gasteiger partial charge in [0.05, 0.1) is 18.3 Å². The minimum atomic E-state index is -2.87. The van der Waals surface area contributed by atoms with Crippen molar-refractivity contribution in [2.45, 2.75) is 26.2 Å². The second kappa shape index (κ2) is 9.58. The second-order valence-corrected chi connectivity index (χ2v) is 5.12. The number of H-pyrrole nitrogens is 1. The van der Waals surface area contributed by atoms with Crippen molar-refractivity contribution in [3.8, 4) is 5.75 Å². The molecule has 0 amide bonds. The quantitative estimate of drug-likeness (QED) is 0.429. The summed E-state index contributed by atoms with van der Waals surface area (Å²) in [5.74, 6) is 0.599. The van der Waals surface area contributed by atoms with Crippen LogP contribution in [-0.2, 0) is 6.54 Å². The van der Waals surface area contributed by atoms with Gasteiger partial charge >= 0.3 is 6.61 Å². The molecule has 0 saturated heterocycles. The standard InChI is InChI=1S/C16H21F2N5O2/c1-2-19-16(20-9-12-7-8-22-23-12)21-10-14(24)11-3-5-13(6-4-11)25-15(17)18/h3-8,14-15,24H,2,9-10H2,1H3,(H,22,23)(H2,19,20,21). The third-order valence-corrected chi connectivity index (χ3v) is 3.26. The van der Waals surface area contributed by atoms with Gasteiger partial charge in [-0.3, -0.25) is 5.10 Å². The normalized spacial score (nSPS) is 12.9. The number of nitrogens with zero attached hydrogens (tertiary/aromatic N) is 2. The molecule has 0 aliphatic carbocycles. The molecule has 9 heteroatoms. The molecule has 1 aromatic heterocycles. The Kier molecular flexibility index (Phi) is 7.15. The van der Waals surface area contributed by atoms with Crippen LogP contribution in [0.4, 0.5) is 8.78 Å².